The molecule has 1 heterocycles. The van der Waals surface area contributed by atoms with Crippen molar-refractivity contribution in [3.63, 3.8) is 0 Å². The minimum Gasteiger partial charge on any atom is -0.455 e. The number of nitrogens with one attached hydrogen (secondary N) is 1. The number of anilines is 1. The van der Waals surface area contributed by atoms with E-state index in [1.807, 2.05) is 47.8 Å². The SMILES string of the molecule is O=C(COC(=O)Cc1c(Cl)cccc1Cl)Nc1nc(-c2ccc(-c3ccccc3)cc2)cs1. The van der Waals surface area contributed by atoms with Crippen LogP contribution >= 0.6 is 34.5 Å². The van der Waals surface area contributed by atoms with Crippen LogP contribution in [0.15, 0.2) is 78.2 Å². The minimum atomic E-state index is -0.599. The molecule has 5 nitrogen and oxygen atoms in total. The number of amides is 1. The molecule has 1 aromatic heterocycles. The van der Waals surface area contributed by atoms with Crippen molar-refractivity contribution >= 4 is 51.5 Å². The fourth-order valence-electron chi connectivity index (χ4n) is 3.13. The summed E-state index contributed by atoms with van der Waals surface area (Å²) in [5, 5.41) is 5.68. The number of aromatic nitrogens is 1. The predicted octanol–water partition coefficient (Wildman–Crippen LogP) is 6.51. The molecule has 0 spiro atoms. The highest BCUT2D eigenvalue weighted by atomic mass is 35.5. The standard InChI is InChI=1S/C25H18Cl2N2O3S/c26-20-7-4-8-21(27)19(20)13-24(31)32-14-23(30)29-25-28-22(15-33-25)18-11-9-17(10-12-18)16-5-2-1-3-6-16/h1-12,15H,13-14H2,(H,28,29,30). The molecule has 0 saturated heterocycles. The number of ether oxygens (including phenoxy) is 1. The van der Waals surface area contributed by atoms with Crippen molar-refractivity contribution in [1.82, 2.24) is 4.98 Å². The molecular formula is C25H18Cl2N2O3S. The van der Waals surface area contributed by atoms with Crippen molar-refractivity contribution in [2.24, 2.45) is 0 Å². The molecule has 0 radical (unpaired) electrons. The Morgan fingerprint density at radius 2 is 1.48 bits per heavy atom. The average Bonchev–Trinajstić information content (AvgIpc) is 3.29. The molecule has 0 fully saturated rings. The number of rotatable bonds is 7. The third kappa shape index (κ3) is 5.99. The smallest absolute Gasteiger partial charge is 0.310 e. The fourth-order valence-corrected chi connectivity index (χ4v) is 4.39. The molecule has 3 aromatic carbocycles. The van der Waals surface area contributed by atoms with E-state index in [-0.39, 0.29) is 6.42 Å². The van der Waals surface area contributed by atoms with Gasteiger partial charge in [0.05, 0.1) is 12.1 Å². The van der Waals surface area contributed by atoms with Crippen LogP contribution in [-0.4, -0.2) is 23.5 Å². The lowest BCUT2D eigenvalue weighted by molar-refractivity contribution is -0.146. The molecule has 1 amide bonds. The molecule has 0 aliphatic rings. The lowest BCUT2D eigenvalue weighted by Gasteiger charge is -2.07. The van der Waals surface area contributed by atoms with Gasteiger partial charge >= 0.3 is 5.97 Å². The number of benzene rings is 3. The van der Waals surface area contributed by atoms with Crippen LogP contribution < -0.4 is 5.32 Å². The number of carbonyl (C=O) groups excluding carboxylic acids is 2. The zero-order valence-electron chi connectivity index (χ0n) is 17.3. The summed E-state index contributed by atoms with van der Waals surface area (Å²) < 4.78 is 5.05. The molecule has 166 valence electrons. The van der Waals surface area contributed by atoms with Crippen molar-refractivity contribution in [3.8, 4) is 22.4 Å². The van der Waals surface area contributed by atoms with Crippen molar-refractivity contribution < 1.29 is 14.3 Å². The first-order valence-electron chi connectivity index (χ1n) is 9.99. The Morgan fingerprint density at radius 1 is 0.848 bits per heavy atom. The van der Waals surface area contributed by atoms with Crippen LogP contribution in [-0.2, 0) is 20.7 Å². The van der Waals surface area contributed by atoms with Gasteiger partial charge in [0.25, 0.3) is 5.91 Å². The summed E-state index contributed by atoms with van der Waals surface area (Å²) in [6.07, 6.45) is -0.119. The van der Waals surface area contributed by atoms with Crippen LogP contribution in [0.5, 0.6) is 0 Å². The molecule has 4 rings (SSSR count). The molecule has 0 atom stereocenters. The van der Waals surface area contributed by atoms with Crippen LogP contribution in [0.3, 0.4) is 0 Å². The van der Waals surface area contributed by atoms with E-state index in [9.17, 15) is 9.59 Å². The van der Waals surface area contributed by atoms with E-state index in [2.05, 4.69) is 22.4 Å². The Labute approximate surface area is 205 Å². The van der Waals surface area contributed by atoms with E-state index in [0.717, 1.165) is 22.4 Å². The molecule has 8 heteroatoms. The predicted molar refractivity (Wildman–Crippen MR) is 133 cm³/mol. The first kappa shape index (κ1) is 23.0. The molecule has 0 aliphatic heterocycles. The van der Waals surface area contributed by atoms with E-state index < -0.39 is 18.5 Å². The Morgan fingerprint density at radius 3 is 2.18 bits per heavy atom. The van der Waals surface area contributed by atoms with Gasteiger partial charge in [-0.3, -0.25) is 14.9 Å². The van der Waals surface area contributed by atoms with E-state index in [1.165, 1.54) is 11.3 Å². The Bertz CT molecular complexity index is 1250. The monoisotopic (exact) mass is 496 g/mol. The summed E-state index contributed by atoms with van der Waals surface area (Å²) in [6.45, 7) is -0.429. The topological polar surface area (TPSA) is 68.3 Å². The quantitative estimate of drug-likeness (QED) is 0.296. The van der Waals surface area contributed by atoms with Crippen molar-refractivity contribution in [2.45, 2.75) is 6.42 Å². The van der Waals surface area contributed by atoms with E-state index in [0.29, 0.717) is 20.7 Å². The van der Waals surface area contributed by atoms with Gasteiger partial charge in [0.2, 0.25) is 0 Å². The van der Waals surface area contributed by atoms with E-state index in [1.54, 1.807) is 18.2 Å². The number of thiazole rings is 1. The number of carbonyl (C=O) groups is 2. The van der Waals surface area contributed by atoms with Crippen molar-refractivity contribution in [3.05, 3.63) is 93.8 Å². The highest BCUT2D eigenvalue weighted by molar-refractivity contribution is 7.14. The maximum Gasteiger partial charge on any atom is 0.310 e. The molecule has 0 saturated carbocycles. The first-order chi connectivity index (χ1) is 16.0. The molecular weight excluding hydrogens is 479 g/mol. The number of nitrogens with zero attached hydrogens (tertiary/aromatic N) is 1. The van der Waals surface area contributed by atoms with Gasteiger partial charge in [0.1, 0.15) is 0 Å². The Balaban J connectivity index is 1.31. The average molecular weight is 497 g/mol. The minimum absolute atomic E-state index is 0.119. The summed E-state index contributed by atoms with van der Waals surface area (Å²) in [5.74, 6) is -1.08. The third-order valence-electron chi connectivity index (χ3n) is 4.79. The van der Waals surface area contributed by atoms with Crippen LogP contribution in [0.2, 0.25) is 10.0 Å². The zero-order chi connectivity index (χ0) is 23.2. The Hall–Kier alpha value is -3.19. The summed E-state index contributed by atoms with van der Waals surface area (Å²) in [7, 11) is 0. The zero-order valence-corrected chi connectivity index (χ0v) is 19.6. The lowest BCUT2D eigenvalue weighted by Crippen LogP contribution is -2.21. The third-order valence-corrected chi connectivity index (χ3v) is 6.25. The van der Waals surface area contributed by atoms with Gasteiger partial charge < -0.3 is 4.74 Å². The molecule has 0 aliphatic carbocycles. The van der Waals surface area contributed by atoms with Crippen molar-refractivity contribution in [1.29, 1.82) is 0 Å². The molecule has 0 unspecified atom stereocenters. The second-order valence-electron chi connectivity index (χ2n) is 7.07. The number of hydrogen-bond acceptors (Lipinski definition) is 5. The second kappa shape index (κ2) is 10.6. The summed E-state index contributed by atoms with van der Waals surface area (Å²) in [4.78, 5) is 28.7. The maximum absolute atomic E-state index is 12.2. The lowest BCUT2D eigenvalue weighted by atomic mass is 10.0. The highest BCUT2D eigenvalue weighted by Gasteiger charge is 2.14. The van der Waals surface area contributed by atoms with Gasteiger partial charge in [-0.25, -0.2) is 4.98 Å². The van der Waals surface area contributed by atoms with Gasteiger partial charge in [0.15, 0.2) is 11.7 Å². The van der Waals surface area contributed by atoms with Crippen LogP contribution in [0.1, 0.15) is 5.56 Å². The number of halogens is 2. The van der Waals surface area contributed by atoms with Crippen molar-refractivity contribution in [2.75, 3.05) is 11.9 Å². The normalized spacial score (nSPS) is 10.6. The van der Waals surface area contributed by atoms with E-state index in [4.69, 9.17) is 27.9 Å². The largest absolute Gasteiger partial charge is 0.455 e. The molecule has 1 N–H and O–H groups in total. The number of hydrogen-bond donors (Lipinski definition) is 1. The van der Waals surface area contributed by atoms with Crippen LogP contribution in [0.4, 0.5) is 5.13 Å². The van der Waals surface area contributed by atoms with Crippen LogP contribution in [0, 0.1) is 0 Å². The first-order valence-corrected chi connectivity index (χ1v) is 11.6. The van der Waals surface area contributed by atoms with Gasteiger partial charge in [-0.1, -0.05) is 83.9 Å². The summed E-state index contributed by atoms with van der Waals surface area (Å²) >= 11 is 13.4. The molecule has 33 heavy (non-hydrogen) atoms. The fraction of sp³-hybridized carbons (Fsp3) is 0.0800. The van der Waals surface area contributed by atoms with Gasteiger partial charge in [0, 0.05) is 26.6 Å². The van der Waals surface area contributed by atoms with Gasteiger partial charge in [-0.05, 0) is 23.3 Å². The Kier molecular flexibility index (Phi) is 7.40. The van der Waals surface area contributed by atoms with Crippen LogP contribution in [0.25, 0.3) is 22.4 Å². The summed E-state index contributed by atoms with van der Waals surface area (Å²) in [6, 6.07) is 23.1. The van der Waals surface area contributed by atoms with Gasteiger partial charge in [-0.15, -0.1) is 11.3 Å². The maximum atomic E-state index is 12.2. The summed E-state index contributed by atoms with van der Waals surface area (Å²) in [5.41, 5.74) is 4.41. The van der Waals surface area contributed by atoms with Gasteiger partial charge in [-0.2, -0.15) is 0 Å². The highest BCUT2D eigenvalue weighted by Crippen LogP contribution is 2.28. The second-order valence-corrected chi connectivity index (χ2v) is 8.74. The molecule has 4 aromatic rings. The van der Waals surface area contributed by atoms with E-state index >= 15 is 0 Å². The molecule has 0 bridgehead atoms. The number of esters is 1.